The number of carboxylic acids is 1. The van der Waals surface area contributed by atoms with Gasteiger partial charge in [0.05, 0.1) is 10.6 Å². The molecule has 0 radical (unpaired) electrons. The number of thioether (sulfide) groups is 1. The van der Waals surface area contributed by atoms with Crippen LogP contribution in [0.25, 0.3) is 6.08 Å². The van der Waals surface area contributed by atoms with Gasteiger partial charge in [0.25, 0.3) is 5.91 Å². The van der Waals surface area contributed by atoms with Crippen molar-refractivity contribution in [2.45, 2.75) is 0 Å². The van der Waals surface area contributed by atoms with E-state index in [0.717, 1.165) is 5.56 Å². The number of hydrogen-bond donors (Lipinski definition) is 1. The van der Waals surface area contributed by atoms with Crippen molar-refractivity contribution in [3.05, 3.63) is 64.0 Å². The highest BCUT2D eigenvalue weighted by atomic mass is 35.5. The van der Waals surface area contributed by atoms with Crippen LogP contribution in [-0.4, -0.2) is 27.9 Å². The van der Waals surface area contributed by atoms with E-state index in [0.29, 0.717) is 25.7 Å². The van der Waals surface area contributed by atoms with Gasteiger partial charge in [0, 0.05) is 5.02 Å². The molecule has 0 aromatic heterocycles. The van der Waals surface area contributed by atoms with Gasteiger partial charge in [-0.05, 0) is 42.0 Å². The first-order valence-electron chi connectivity index (χ1n) is 7.42. The van der Waals surface area contributed by atoms with Crippen LogP contribution in [-0.2, 0) is 9.59 Å². The van der Waals surface area contributed by atoms with E-state index in [1.54, 1.807) is 54.6 Å². The number of hydrogen-bond acceptors (Lipinski definition) is 5. The molecule has 0 saturated carbocycles. The lowest BCUT2D eigenvalue weighted by molar-refractivity contribution is -0.139. The topological polar surface area (TPSA) is 66.8 Å². The Balaban J connectivity index is 1.78. The number of anilines is 1. The molecule has 5 nitrogen and oxygen atoms in total. The van der Waals surface area contributed by atoms with Crippen molar-refractivity contribution in [2.75, 3.05) is 11.5 Å². The quantitative estimate of drug-likeness (QED) is 0.593. The van der Waals surface area contributed by atoms with Crippen molar-refractivity contribution in [3.63, 3.8) is 0 Å². The highest BCUT2D eigenvalue weighted by Crippen LogP contribution is 2.36. The number of ether oxygens (including phenoxy) is 1. The Morgan fingerprint density at radius 3 is 2.65 bits per heavy atom. The molecule has 0 atom stereocenters. The first-order valence-corrected chi connectivity index (χ1v) is 9.02. The van der Waals surface area contributed by atoms with Crippen molar-refractivity contribution in [2.24, 2.45) is 0 Å². The normalized spacial score (nSPS) is 15.6. The lowest BCUT2D eigenvalue weighted by Crippen LogP contribution is -2.27. The molecular formula is C18H12ClNO4S2. The molecule has 1 heterocycles. The molecular weight excluding hydrogens is 394 g/mol. The minimum atomic E-state index is -1.04. The number of rotatable bonds is 5. The zero-order valence-electron chi connectivity index (χ0n) is 13.2. The molecule has 8 heteroatoms. The number of halogens is 1. The number of carbonyl (C=O) groups excluding carboxylic acids is 1. The summed E-state index contributed by atoms with van der Waals surface area (Å²) in [6.45, 7) is -0.405. The fourth-order valence-electron chi connectivity index (χ4n) is 2.26. The summed E-state index contributed by atoms with van der Waals surface area (Å²) in [4.78, 5) is 25.1. The van der Waals surface area contributed by atoms with Gasteiger partial charge in [-0.25, -0.2) is 4.79 Å². The monoisotopic (exact) mass is 405 g/mol. The van der Waals surface area contributed by atoms with Crippen molar-refractivity contribution in [1.29, 1.82) is 0 Å². The molecule has 3 rings (SSSR count). The molecule has 1 aliphatic heterocycles. The van der Waals surface area contributed by atoms with Gasteiger partial charge in [-0.3, -0.25) is 9.69 Å². The average Bonchev–Trinajstić information content (AvgIpc) is 2.88. The van der Waals surface area contributed by atoms with Gasteiger partial charge < -0.3 is 9.84 Å². The van der Waals surface area contributed by atoms with E-state index < -0.39 is 12.6 Å². The predicted octanol–water partition coefficient (Wildman–Crippen LogP) is 4.21. The largest absolute Gasteiger partial charge is 0.482 e. The number of aliphatic carboxylic acids is 1. The van der Waals surface area contributed by atoms with Crippen LogP contribution in [0.4, 0.5) is 5.69 Å². The molecule has 0 unspecified atom stereocenters. The van der Waals surface area contributed by atoms with Crippen LogP contribution in [0.3, 0.4) is 0 Å². The predicted molar refractivity (Wildman–Crippen MR) is 107 cm³/mol. The Hall–Kier alpha value is -2.35. The van der Waals surface area contributed by atoms with Crippen LogP contribution in [0, 0.1) is 0 Å². The van der Waals surface area contributed by atoms with E-state index in [1.807, 2.05) is 0 Å². The van der Waals surface area contributed by atoms with Gasteiger partial charge in [-0.2, -0.15) is 0 Å². The van der Waals surface area contributed by atoms with Gasteiger partial charge in [-0.15, -0.1) is 0 Å². The third-order valence-corrected chi connectivity index (χ3v) is 4.94. The van der Waals surface area contributed by atoms with Gasteiger partial charge in [-0.1, -0.05) is 53.8 Å². The number of benzene rings is 2. The zero-order valence-corrected chi connectivity index (χ0v) is 15.6. The van der Waals surface area contributed by atoms with Crippen LogP contribution in [0.2, 0.25) is 5.02 Å². The molecule has 1 fully saturated rings. The summed E-state index contributed by atoms with van der Waals surface area (Å²) in [6.07, 6.45) is 1.73. The van der Waals surface area contributed by atoms with Crippen LogP contribution >= 0.6 is 35.6 Å². The smallest absolute Gasteiger partial charge is 0.341 e. The van der Waals surface area contributed by atoms with E-state index >= 15 is 0 Å². The second-order valence-corrected chi connectivity index (χ2v) is 7.36. The maximum absolute atomic E-state index is 12.7. The van der Waals surface area contributed by atoms with E-state index in [4.69, 9.17) is 33.7 Å². The Labute approximate surface area is 164 Å². The molecule has 1 amide bonds. The lowest BCUT2D eigenvalue weighted by Gasteiger charge is -2.14. The summed E-state index contributed by atoms with van der Waals surface area (Å²) in [5.41, 5.74) is 1.40. The van der Waals surface area contributed by atoms with Gasteiger partial charge in [0.1, 0.15) is 5.75 Å². The summed E-state index contributed by atoms with van der Waals surface area (Å²) in [7, 11) is 0. The molecule has 1 saturated heterocycles. The Morgan fingerprint density at radius 2 is 2.00 bits per heavy atom. The Bertz CT molecular complexity index is 912. The van der Waals surface area contributed by atoms with Gasteiger partial charge >= 0.3 is 5.97 Å². The number of nitrogens with zero attached hydrogens (tertiary/aromatic N) is 1. The Morgan fingerprint density at radius 1 is 1.27 bits per heavy atom. The summed E-state index contributed by atoms with van der Waals surface area (Å²) in [5.74, 6) is -0.816. The first kappa shape index (κ1) is 18.4. The van der Waals surface area contributed by atoms with Gasteiger partial charge in [0.2, 0.25) is 0 Å². The van der Waals surface area contributed by atoms with Crippen LogP contribution in [0.5, 0.6) is 5.75 Å². The molecule has 132 valence electrons. The molecule has 0 spiro atoms. The molecule has 1 aliphatic rings. The van der Waals surface area contributed by atoms with Crippen molar-refractivity contribution >= 4 is 63.5 Å². The van der Waals surface area contributed by atoms with Gasteiger partial charge in [0.15, 0.2) is 10.9 Å². The molecule has 26 heavy (non-hydrogen) atoms. The molecule has 2 aromatic carbocycles. The van der Waals surface area contributed by atoms with Crippen molar-refractivity contribution in [3.8, 4) is 5.75 Å². The second kappa shape index (κ2) is 7.90. The summed E-state index contributed by atoms with van der Waals surface area (Å²) in [5, 5.41) is 9.13. The lowest BCUT2D eigenvalue weighted by atomic mass is 10.2. The number of carbonyl (C=O) groups is 2. The fourth-order valence-corrected chi connectivity index (χ4v) is 3.75. The van der Waals surface area contributed by atoms with Crippen LogP contribution in [0.15, 0.2) is 53.4 Å². The van der Waals surface area contributed by atoms with E-state index in [-0.39, 0.29) is 5.91 Å². The Kier molecular flexibility index (Phi) is 5.61. The fraction of sp³-hybridized carbons (Fsp3) is 0.0556. The number of thiocarbonyl (C=S) groups is 1. The zero-order chi connectivity index (χ0) is 18.7. The first-order chi connectivity index (χ1) is 12.4. The van der Waals surface area contributed by atoms with Crippen LogP contribution < -0.4 is 9.64 Å². The maximum atomic E-state index is 12.7. The SMILES string of the molecule is O=C(O)COc1ccc(/C=C2/SC(=S)N(c3cccc(Cl)c3)C2=O)cc1. The molecule has 2 aromatic rings. The third-order valence-electron chi connectivity index (χ3n) is 3.40. The standard InChI is InChI=1S/C18H12ClNO4S2/c19-12-2-1-3-13(9-12)20-17(23)15(26-18(20)25)8-11-4-6-14(7-5-11)24-10-16(21)22/h1-9H,10H2,(H,21,22)/b15-8+. The van der Waals surface area contributed by atoms with Crippen LogP contribution in [0.1, 0.15) is 5.56 Å². The van der Waals surface area contributed by atoms with Crippen molar-refractivity contribution in [1.82, 2.24) is 0 Å². The maximum Gasteiger partial charge on any atom is 0.341 e. The minimum absolute atomic E-state index is 0.214. The minimum Gasteiger partial charge on any atom is -0.482 e. The summed E-state index contributed by atoms with van der Waals surface area (Å²) in [6, 6.07) is 13.7. The number of amides is 1. The van der Waals surface area contributed by atoms with E-state index in [1.165, 1.54) is 16.7 Å². The molecule has 0 bridgehead atoms. The molecule has 0 aliphatic carbocycles. The van der Waals surface area contributed by atoms with E-state index in [9.17, 15) is 9.59 Å². The average molecular weight is 406 g/mol. The summed E-state index contributed by atoms with van der Waals surface area (Å²) >= 11 is 12.5. The highest BCUT2D eigenvalue weighted by molar-refractivity contribution is 8.27. The second-order valence-electron chi connectivity index (χ2n) is 5.25. The highest BCUT2D eigenvalue weighted by Gasteiger charge is 2.33. The van der Waals surface area contributed by atoms with Crippen molar-refractivity contribution < 1.29 is 19.4 Å². The summed E-state index contributed by atoms with van der Waals surface area (Å²) < 4.78 is 5.52. The molecule has 1 N–H and O–H groups in total. The third kappa shape index (κ3) is 4.24. The number of carboxylic acid groups (broad SMARTS) is 1. The van der Waals surface area contributed by atoms with E-state index in [2.05, 4.69) is 0 Å².